The fourth-order valence-corrected chi connectivity index (χ4v) is 7.09. The van der Waals surface area contributed by atoms with Gasteiger partial charge in [-0.15, -0.1) is 11.3 Å². The lowest BCUT2D eigenvalue weighted by molar-refractivity contribution is 1.07. The van der Waals surface area contributed by atoms with Crippen LogP contribution in [-0.2, 0) is 0 Å². The number of thiazole rings is 1. The van der Waals surface area contributed by atoms with Gasteiger partial charge in [0.2, 0.25) is 0 Å². The van der Waals surface area contributed by atoms with Crippen LogP contribution in [0, 0.1) is 0 Å². The summed E-state index contributed by atoms with van der Waals surface area (Å²) < 4.78 is 3.42. The van der Waals surface area contributed by atoms with Crippen molar-refractivity contribution < 1.29 is 0 Å². The van der Waals surface area contributed by atoms with Crippen LogP contribution in [0.3, 0.4) is 0 Å². The van der Waals surface area contributed by atoms with Crippen LogP contribution in [0.2, 0.25) is 0 Å². The summed E-state index contributed by atoms with van der Waals surface area (Å²) in [4.78, 5) is 19.6. The molecular weight excluding hydrogens is 583 g/mol. The zero-order valence-corrected chi connectivity index (χ0v) is 25.4. The second kappa shape index (κ2) is 10.9. The SMILES string of the molecule is c1ccc(-c2nc(-c3ccccc3)nc(-c3ccc4nc(-c5ccc(-n6c7ccccc7c7ccccc76)cc5)sc4c3)n2)cc1. The van der Waals surface area contributed by atoms with E-state index in [1.165, 1.54) is 21.8 Å². The molecule has 0 saturated heterocycles. The summed E-state index contributed by atoms with van der Waals surface area (Å²) in [6.45, 7) is 0. The monoisotopic (exact) mass is 607 g/mol. The maximum atomic E-state index is 5.00. The second-order valence-corrected chi connectivity index (χ2v) is 12.2. The first-order valence-electron chi connectivity index (χ1n) is 15.2. The van der Waals surface area contributed by atoms with Gasteiger partial charge in [-0.25, -0.2) is 19.9 Å². The van der Waals surface area contributed by atoms with Gasteiger partial charge in [0.25, 0.3) is 0 Å². The van der Waals surface area contributed by atoms with Gasteiger partial charge < -0.3 is 4.57 Å². The van der Waals surface area contributed by atoms with E-state index in [0.717, 1.165) is 43.2 Å². The molecule has 9 aromatic rings. The van der Waals surface area contributed by atoms with E-state index >= 15 is 0 Å². The van der Waals surface area contributed by atoms with E-state index in [4.69, 9.17) is 19.9 Å². The highest BCUT2D eigenvalue weighted by Gasteiger charge is 2.15. The molecule has 0 aliphatic rings. The van der Waals surface area contributed by atoms with Gasteiger partial charge in [-0.05, 0) is 54.6 Å². The highest BCUT2D eigenvalue weighted by atomic mass is 32.1. The van der Waals surface area contributed by atoms with Crippen LogP contribution in [-0.4, -0.2) is 24.5 Å². The van der Waals surface area contributed by atoms with Crippen LogP contribution >= 0.6 is 11.3 Å². The quantitative estimate of drug-likeness (QED) is 0.195. The molecule has 6 aromatic carbocycles. The summed E-state index contributed by atoms with van der Waals surface area (Å²) in [7, 11) is 0. The van der Waals surface area contributed by atoms with E-state index in [0.29, 0.717) is 17.5 Å². The Morgan fingerprint density at radius 1 is 0.413 bits per heavy atom. The maximum Gasteiger partial charge on any atom is 0.164 e. The summed E-state index contributed by atoms with van der Waals surface area (Å²) in [6, 6.07) is 52.2. The summed E-state index contributed by atoms with van der Waals surface area (Å²) in [6.07, 6.45) is 0. The van der Waals surface area contributed by atoms with E-state index in [9.17, 15) is 0 Å². The topological polar surface area (TPSA) is 56.5 Å². The van der Waals surface area contributed by atoms with Crippen molar-refractivity contribution in [2.45, 2.75) is 0 Å². The molecule has 46 heavy (non-hydrogen) atoms. The molecule has 6 heteroatoms. The number of benzene rings is 6. The van der Waals surface area contributed by atoms with E-state index in [2.05, 4.69) is 95.6 Å². The van der Waals surface area contributed by atoms with Crippen molar-refractivity contribution in [1.82, 2.24) is 24.5 Å². The first kappa shape index (κ1) is 26.4. The molecule has 0 bridgehead atoms. The zero-order chi connectivity index (χ0) is 30.5. The van der Waals surface area contributed by atoms with Crippen LogP contribution in [0.5, 0.6) is 0 Å². The minimum absolute atomic E-state index is 0.639. The number of rotatable bonds is 5. The molecule has 3 heterocycles. The Labute approximate surface area is 269 Å². The third-order valence-corrected chi connectivity index (χ3v) is 9.37. The van der Waals surface area contributed by atoms with Crippen LogP contribution < -0.4 is 0 Å². The minimum atomic E-state index is 0.639. The Balaban J connectivity index is 1.09. The molecule has 0 spiro atoms. The number of fused-ring (bicyclic) bond motifs is 4. The molecule has 0 aliphatic heterocycles. The van der Waals surface area contributed by atoms with Crippen LogP contribution in [0.25, 0.3) is 82.4 Å². The molecule has 0 radical (unpaired) electrons. The van der Waals surface area contributed by atoms with Gasteiger partial charge in [0.15, 0.2) is 17.5 Å². The predicted octanol–water partition coefficient (Wildman–Crippen LogP) is 10.2. The van der Waals surface area contributed by atoms with Gasteiger partial charge in [-0.2, -0.15) is 0 Å². The average molecular weight is 608 g/mol. The molecule has 0 atom stereocenters. The van der Waals surface area contributed by atoms with Crippen LogP contribution in [0.15, 0.2) is 152 Å². The van der Waals surface area contributed by atoms with Crippen molar-refractivity contribution in [3.05, 3.63) is 152 Å². The average Bonchev–Trinajstić information content (AvgIpc) is 3.71. The van der Waals surface area contributed by atoms with Gasteiger partial charge >= 0.3 is 0 Å². The predicted molar refractivity (Wildman–Crippen MR) is 189 cm³/mol. The normalized spacial score (nSPS) is 11.5. The minimum Gasteiger partial charge on any atom is -0.309 e. The molecule has 0 saturated carbocycles. The Bertz CT molecular complexity index is 2410. The number of nitrogens with zero attached hydrogens (tertiary/aromatic N) is 5. The van der Waals surface area contributed by atoms with Crippen molar-refractivity contribution in [2.24, 2.45) is 0 Å². The zero-order valence-electron chi connectivity index (χ0n) is 24.6. The summed E-state index contributed by atoms with van der Waals surface area (Å²) in [5.74, 6) is 1.94. The highest BCUT2D eigenvalue weighted by molar-refractivity contribution is 7.21. The van der Waals surface area contributed by atoms with Gasteiger partial charge in [0, 0.05) is 38.7 Å². The number of aromatic nitrogens is 5. The van der Waals surface area contributed by atoms with Gasteiger partial charge in [0.05, 0.1) is 21.3 Å². The Morgan fingerprint density at radius 2 is 0.913 bits per heavy atom. The van der Waals surface area contributed by atoms with E-state index in [1.807, 2.05) is 60.7 Å². The molecule has 0 aliphatic carbocycles. The Kier molecular flexibility index (Phi) is 6.25. The molecular formula is C40H25N5S. The number of hydrogen-bond acceptors (Lipinski definition) is 5. The molecule has 0 fully saturated rings. The maximum absolute atomic E-state index is 5.00. The first-order chi connectivity index (χ1) is 22.8. The lowest BCUT2D eigenvalue weighted by Crippen LogP contribution is -1.99. The van der Waals surface area contributed by atoms with Gasteiger partial charge in [-0.3, -0.25) is 0 Å². The van der Waals surface area contributed by atoms with Crippen molar-refractivity contribution in [3.8, 4) is 50.4 Å². The second-order valence-electron chi connectivity index (χ2n) is 11.2. The fraction of sp³-hybridized carbons (Fsp3) is 0. The van der Waals surface area contributed by atoms with Gasteiger partial charge in [0.1, 0.15) is 5.01 Å². The van der Waals surface area contributed by atoms with Crippen LogP contribution in [0.1, 0.15) is 0 Å². The lowest BCUT2D eigenvalue weighted by atomic mass is 10.1. The van der Waals surface area contributed by atoms with Crippen molar-refractivity contribution in [2.75, 3.05) is 0 Å². The summed E-state index contributed by atoms with van der Waals surface area (Å²) in [5.41, 5.74) is 8.41. The molecule has 5 nitrogen and oxygen atoms in total. The largest absolute Gasteiger partial charge is 0.309 e. The number of para-hydroxylation sites is 2. The molecule has 0 N–H and O–H groups in total. The molecule has 0 unspecified atom stereocenters. The third kappa shape index (κ3) is 4.55. The molecule has 3 aromatic heterocycles. The van der Waals surface area contributed by atoms with Crippen molar-refractivity contribution >= 4 is 43.4 Å². The summed E-state index contributed by atoms with van der Waals surface area (Å²) >= 11 is 1.68. The molecule has 216 valence electrons. The van der Waals surface area contributed by atoms with Crippen molar-refractivity contribution in [1.29, 1.82) is 0 Å². The molecule has 0 amide bonds. The summed E-state index contributed by atoms with van der Waals surface area (Å²) in [5, 5.41) is 3.50. The van der Waals surface area contributed by atoms with E-state index in [-0.39, 0.29) is 0 Å². The van der Waals surface area contributed by atoms with Crippen molar-refractivity contribution in [3.63, 3.8) is 0 Å². The standard InChI is InChI=1S/C40H25N5S/c1-3-11-26(12-4-1)37-42-38(27-13-5-2-6-14-27)44-39(43-37)29-21-24-33-36(25-29)46-40(41-33)28-19-22-30(23-20-28)45-34-17-9-7-15-31(34)32-16-8-10-18-35(32)45/h1-25H. The van der Waals surface area contributed by atoms with Crippen LogP contribution in [0.4, 0.5) is 0 Å². The first-order valence-corrected chi connectivity index (χ1v) is 16.0. The van der Waals surface area contributed by atoms with Gasteiger partial charge in [-0.1, -0.05) is 97.1 Å². The van der Waals surface area contributed by atoms with E-state index in [1.54, 1.807) is 11.3 Å². The fourth-order valence-electron chi connectivity index (χ4n) is 6.08. The Morgan fingerprint density at radius 3 is 1.50 bits per heavy atom. The third-order valence-electron chi connectivity index (χ3n) is 8.30. The smallest absolute Gasteiger partial charge is 0.164 e. The Hall–Kier alpha value is -5.98. The highest BCUT2D eigenvalue weighted by Crippen LogP contribution is 2.36. The molecule has 9 rings (SSSR count). The van der Waals surface area contributed by atoms with E-state index < -0.39 is 0 Å². The lowest BCUT2D eigenvalue weighted by Gasteiger charge is -2.08. The number of hydrogen-bond donors (Lipinski definition) is 0.